The van der Waals surface area contributed by atoms with Gasteiger partial charge in [0, 0.05) is 4.90 Å². The molecule has 15 heavy (non-hydrogen) atoms. The fourth-order valence-corrected chi connectivity index (χ4v) is 1.44. The van der Waals surface area contributed by atoms with Crippen LogP contribution < -0.4 is 5.73 Å². The first-order chi connectivity index (χ1) is 6.83. The van der Waals surface area contributed by atoms with Gasteiger partial charge in [0.15, 0.2) is 0 Å². The van der Waals surface area contributed by atoms with E-state index < -0.39 is 17.0 Å². The number of hydrogen-bond donors (Lipinski definition) is 2. The van der Waals surface area contributed by atoms with Gasteiger partial charge in [0.1, 0.15) is 5.82 Å². The molecule has 0 unspecified atom stereocenters. The summed E-state index contributed by atoms with van der Waals surface area (Å²) in [4.78, 5) is 9.89. The number of nitrogen functional groups attached to an aromatic ring is 1. The van der Waals surface area contributed by atoms with Gasteiger partial charge >= 0.3 is 11.2 Å². The van der Waals surface area contributed by atoms with Crippen LogP contribution in [0.3, 0.4) is 0 Å². The summed E-state index contributed by atoms with van der Waals surface area (Å²) >= 11 is -0.252. The van der Waals surface area contributed by atoms with E-state index in [2.05, 4.69) is 0 Å². The number of nitrogens with two attached hydrogens (primary N) is 1. The molecule has 0 bridgehead atoms. The van der Waals surface area contributed by atoms with Crippen molar-refractivity contribution in [3.8, 4) is 0 Å². The van der Waals surface area contributed by atoms with Crippen molar-refractivity contribution in [2.45, 2.75) is 10.2 Å². The van der Waals surface area contributed by atoms with Crippen molar-refractivity contribution in [3.05, 3.63) is 24.0 Å². The van der Waals surface area contributed by atoms with Gasteiger partial charge in [-0.1, -0.05) is 0 Å². The number of rotatable bonds is 3. The first kappa shape index (κ1) is 11.7. The molecule has 1 aromatic rings. The summed E-state index contributed by atoms with van der Waals surface area (Å²) in [6.07, 6.45) is 0. The number of alkyl halides is 2. The van der Waals surface area contributed by atoms with E-state index in [9.17, 15) is 18.0 Å². The topological polar surface area (TPSA) is 63.3 Å². The van der Waals surface area contributed by atoms with E-state index in [1.807, 2.05) is 0 Å². The number of carbonyl (C=O) groups is 1. The molecule has 0 aliphatic heterocycles. The first-order valence-electron chi connectivity index (χ1n) is 3.68. The molecule has 0 aliphatic carbocycles. The molecule has 3 N–H and O–H groups in total. The summed E-state index contributed by atoms with van der Waals surface area (Å²) in [5.41, 5.74) is 4.94. The number of anilines is 1. The molecule has 0 fully saturated rings. The zero-order valence-electron chi connectivity index (χ0n) is 7.21. The number of thioether (sulfide) groups is 1. The Hall–Kier alpha value is -1.37. The average Bonchev–Trinajstić information content (AvgIpc) is 2.10. The van der Waals surface area contributed by atoms with E-state index >= 15 is 0 Å². The molecule has 0 aromatic heterocycles. The van der Waals surface area contributed by atoms with Crippen LogP contribution in [-0.2, 0) is 4.79 Å². The van der Waals surface area contributed by atoms with Crippen molar-refractivity contribution in [1.29, 1.82) is 0 Å². The summed E-state index contributed by atoms with van der Waals surface area (Å²) in [7, 11) is 0. The molecule has 0 radical (unpaired) electrons. The minimum atomic E-state index is -3.98. The molecule has 1 aromatic carbocycles. The van der Waals surface area contributed by atoms with Gasteiger partial charge in [-0.15, -0.1) is 0 Å². The van der Waals surface area contributed by atoms with Gasteiger partial charge in [0.25, 0.3) is 0 Å². The number of halogens is 3. The lowest BCUT2D eigenvalue weighted by atomic mass is 10.3. The van der Waals surface area contributed by atoms with Gasteiger partial charge in [-0.3, -0.25) is 0 Å². The lowest BCUT2D eigenvalue weighted by Crippen LogP contribution is -2.23. The van der Waals surface area contributed by atoms with Crippen LogP contribution in [0, 0.1) is 5.82 Å². The highest BCUT2D eigenvalue weighted by Gasteiger charge is 2.40. The van der Waals surface area contributed by atoms with E-state index in [1.165, 1.54) is 0 Å². The Labute approximate surface area is 87.1 Å². The van der Waals surface area contributed by atoms with E-state index in [0.717, 1.165) is 18.2 Å². The van der Waals surface area contributed by atoms with Gasteiger partial charge in [0.05, 0.1) is 5.69 Å². The number of aliphatic carboxylic acids is 1. The minimum Gasteiger partial charge on any atom is -0.476 e. The van der Waals surface area contributed by atoms with Crippen LogP contribution in [0.15, 0.2) is 23.1 Å². The molecule has 82 valence electrons. The van der Waals surface area contributed by atoms with Gasteiger partial charge in [-0.25, -0.2) is 9.18 Å². The maximum atomic E-state index is 12.8. The Morgan fingerprint density at radius 3 is 2.53 bits per heavy atom. The first-order valence-corrected chi connectivity index (χ1v) is 4.50. The summed E-state index contributed by atoms with van der Waals surface area (Å²) in [5, 5.41) is 4.15. The molecule has 0 atom stereocenters. The van der Waals surface area contributed by atoms with Gasteiger partial charge in [-0.05, 0) is 30.0 Å². The molecule has 1 rings (SSSR count). The maximum absolute atomic E-state index is 12.8. The van der Waals surface area contributed by atoms with E-state index in [-0.39, 0.29) is 22.3 Å². The van der Waals surface area contributed by atoms with E-state index in [0.29, 0.717) is 0 Å². The maximum Gasteiger partial charge on any atom is 0.393 e. The fraction of sp³-hybridized carbons (Fsp3) is 0.125. The second-order valence-corrected chi connectivity index (χ2v) is 3.80. The highest BCUT2D eigenvalue weighted by molar-refractivity contribution is 8.01. The molecule has 0 aliphatic rings. The van der Waals surface area contributed by atoms with Crippen LogP contribution in [0.5, 0.6) is 0 Å². The zero-order valence-corrected chi connectivity index (χ0v) is 8.02. The van der Waals surface area contributed by atoms with Crippen LogP contribution in [0.1, 0.15) is 0 Å². The summed E-state index contributed by atoms with van der Waals surface area (Å²) in [5.74, 6) is -3.13. The molecule has 3 nitrogen and oxygen atoms in total. The lowest BCUT2D eigenvalue weighted by molar-refractivity contribution is -0.152. The van der Waals surface area contributed by atoms with Crippen molar-refractivity contribution in [1.82, 2.24) is 0 Å². The predicted molar refractivity (Wildman–Crippen MR) is 49.3 cm³/mol. The Morgan fingerprint density at radius 2 is 2.07 bits per heavy atom. The fourth-order valence-electron chi connectivity index (χ4n) is 0.763. The molecule has 0 saturated carbocycles. The largest absolute Gasteiger partial charge is 0.476 e. The third-order valence-corrected chi connectivity index (χ3v) is 2.39. The standard InChI is InChI=1S/C8H6F3NO2S/c9-5-3-4(1-2-6(5)12)15-8(10,11)7(13)14/h1-3H,12H2,(H,13,14). The van der Waals surface area contributed by atoms with Crippen LogP contribution >= 0.6 is 11.8 Å². The van der Waals surface area contributed by atoms with Crippen LogP contribution in [0.2, 0.25) is 0 Å². The van der Waals surface area contributed by atoms with Crippen LogP contribution in [0.25, 0.3) is 0 Å². The molecular formula is C8H6F3NO2S. The second-order valence-electron chi connectivity index (χ2n) is 2.61. The summed E-state index contributed by atoms with van der Waals surface area (Å²) in [6, 6.07) is 2.98. The van der Waals surface area contributed by atoms with E-state index in [1.54, 1.807) is 0 Å². The van der Waals surface area contributed by atoms with Gasteiger partial charge in [-0.2, -0.15) is 8.78 Å². The van der Waals surface area contributed by atoms with Crippen molar-refractivity contribution in [2.24, 2.45) is 0 Å². The SMILES string of the molecule is Nc1ccc(SC(F)(F)C(=O)O)cc1F. The minimum absolute atomic E-state index is 0.182. The van der Waals surface area contributed by atoms with Crippen molar-refractivity contribution >= 4 is 23.4 Å². The number of hydrogen-bond acceptors (Lipinski definition) is 3. The third kappa shape index (κ3) is 2.79. The normalized spacial score (nSPS) is 11.4. The molecular weight excluding hydrogens is 231 g/mol. The molecule has 0 heterocycles. The van der Waals surface area contributed by atoms with E-state index in [4.69, 9.17) is 10.8 Å². The van der Waals surface area contributed by atoms with Crippen LogP contribution in [0.4, 0.5) is 18.9 Å². The summed E-state index contributed by atoms with van der Waals surface area (Å²) in [6.45, 7) is 0. The Kier molecular flexibility index (Phi) is 3.13. The lowest BCUT2D eigenvalue weighted by Gasteiger charge is -2.10. The number of benzene rings is 1. The van der Waals surface area contributed by atoms with Crippen molar-refractivity contribution in [3.63, 3.8) is 0 Å². The third-order valence-electron chi connectivity index (χ3n) is 1.47. The monoisotopic (exact) mass is 237 g/mol. The zero-order chi connectivity index (χ0) is 11.6. The Morgan fingerprint density at radius 1 is 1.47 bits per heavy atom. The molecule has 0 saturated heterocycles. The van der Waals surface area contributed by atoms with Crippen LogP contribution in [-0.4, -0.2) is 16.3 Å². The highest BCUT2D eigenvalue weighted by Crippen LogP contribution is 2.36. The Bertz CT molecular complexity index is 397. The molecule has 0 amide bonds. The van der Waals surface area contributed by atoms with Gasteiger partial charge in [0.2, 0.25) is 0 Å². The predicted octanol–water partition coefficient (Wildman–Crippen LogP) is 2.18. The molecule has 0 spiro atoms. The smallest absolute Gasteiger partial charge is 0.393 e. The van der Waals surface area contributed by atoms with Crippen molar-refractivity contribution < 1.29 is 23.1 Å². The summed E-state index contributed by atoms with van der Waals surface area (Å²) < 4.78 is 38.2. The Balaban J connectivity index is 2.91. The number of carboxylic acid groups (broad SMARTS) is 1. The van der Waals surface area contributed by atoms with Crippen molar-refractivity contribution in [2.75, 3.05) is 5.73 Å². The average molecular weight is 237 g/mol. The molecule has 7 heteroatoms. The second kappa shape index (κ2) is 4.01. The number of carboxylic acids is 1. The highest BCUT2D eigenvalue weighted by atomic mass is 32.2. The quantitative estimate of drug-likeness (QED) is 0.624. The van der Waals surface area contributed by atoms with Gasteiger partial charge < -0.3 is 10.8 Å².